The number of carbonyl (C=O) groups excluding carboxylic acids is 1. The molecular weight excluding hydrogens is 222 g/mol. The lowest BCUT2D eigenvalue weighted by molar-refractivity contribution is -0.584. The molecule has 5 nitrogen and oxygen atoms in total. The monoisotopic (exact) mass is 241 g/mol. The van der Waals surface area contributed by atoms with Crippen LogP contribution < -0.4 is 0 Å². The molecule has 0 aromatic rings. The normalized spacial score (nSPS) is 42.5. The number of rotatable bonds is 2. The highest BCUT2D eigenvalue weighted by Crippen LogP contribution is 2.69. The van der Waals surface area contributed by atoms with Crippen molar-refractivity contribution in [3.8, 4) is 0 Å². The average molecular weight is 241 g/mol. The Balaban J connectivity index is 2.42. The molecule has 0 aromatic carbocycles. The van der Waals surface area contributed by atoms with Crippen molar-refractivity contribution in [3.63, 3.8) is 0 Å². The van der Waals surface area contributed by atoms with Gasteiger partial charge >= 0.3 is 5.97 Å². The number of nitro groups is 1. The molecule has 0 amide bonds. The lowest BCUT2D eigenvalue weighted by atomic mass is 9.68. The molecule has 0 saturated heterocycles. The second kappa shape index (κ2) is 3.21. The van der Waals surface area contributed by atoms with Crippen LogP contribution in [0.5, 0.6) is 0 Å². The Labute approximate surface area is 101 Å². The van der Waals surface area contributed by atoms with E-state index >= 15 is 0 Å². The van der Waals surface area contributed by atoms with Gasteiger partial charge in [0.25, 0.3) is 0 Å². The van der Waals surface area contributed by atoms with E-state index in [0.29, 0.717) is 12.8 Å². The van der Waals surface area contributed by atoms with Crippen LogP contribution in [-0.4, -0.2) is 22.5 Å². The van der Waals surface area contributed by atoms with Gasteiger partial charge in [0.2, 0.25) is 5.54 Å². The summed E-state index contributed by atoms with van der Waals surface area (Å²) < 4.78 is 5.32. The van der Waals surface area contributed by atoms with Crippen LogP contribution >= 0.6 is 0 Å². The third kappa shape index (κ3) is 1.22. The summed E-state index contributed by atoms with van der Waals surface area (Å²) in [5.41, 5.74) is -1.66. The molecule has 0 unspecified atom stereocenters. The lowest BCUT2D eigenvalue weighted by Gasteiger charge is -2.37. The second-order valence-corrected chi connectivity index (χ2v) is 6.13. The Morgan fingerprint density at radius 1 is 1.35 bits per heavy atom. The molecule has 3 atom stereocenters. The van der Waals surface area contributed by atoms with Crippen LogP contribution in [0.25, 0.3) is 0 Å². The molecule has 5 heteroatoms. The van der Waals surface area contributed by atoms with E-state index in [1.165, 1.54) is 6.92 Å². The third-order valence-electron chi connectivity index (χ3n) is 5.54. The van der Waals surface area contributed by atoms with E-state index < -0.39 is 11.0 Å². The van der Waals surface area contributed by atoms with Gasteiger partial charge in [-0.15, -0.1) is 0 Å². The number of carbonyl (C=O) groups is 1. The van der Waals surface area contributed by atoms with Crippen molar-refractivity contribution in [2.24, 2.45) is 10.8 Å². The van der Waals surface area contributed by atoms with Gasteiger partial charge in [0, 0.05) is 29.1 Å². The molecule has 0 radical (unpaired) electrons. The summed E-state index contributed by atoms with van der Waals surface area (Å²) in [6.07, 6.45) is 1.36. The molecule has 0 spiro atoms. The highest BCUT2D eigenvalue weighted by atomic mass is 16.6. The smallest absolute Gasteiger partial charge is 0.302 e. The maximum absolute atomic E-state index is 11.4. The lowest BCUT2D eigenvalue weighted by Crippen LogP contribution is -2.46. The standard InChI is InChI=1S/C12H19NO4/c1-8(14)17-9-7-12(13(15)16)6-5-11(9,4)10(12,2)3/h9H,5-7H2,1-4H3/t9-,11+,12+/m0/s1. The number of esters is 1. The van der Waals surface area contributed by atoms with Gasteiger partial charge in [-0.3, -0.25) is 14.9 Å². The fourth-order valence-electron chi connectivity index (χ4n) is 3.84. The van der Waals surface area contributed by atoms with Gasteiger partial charge in [-0.1, -0.05) is 20.8 Å². The van der Waals surface area contributed by atoms with Gasteiger partial charge in [-0.25, -0.2) is 0 Å². The van der Waals surface area contributed by atoms with E-state index in [4.69, 9.17) is 4.74 Å². The Bertz CT molecular complexity index is 392. The van der Waals surface area contributed by atoms with E-state index in [0.717, 1.165) is 6.42 Å². The van der Waals surface area contributed by atoms with Crippen molar-refractivity contribution < 1.29 is 14.5 Å². The molecule has 2 saturated carbocycles. The first kappa shape index (κ1) is 12.3. The van der Waals surface area contributed by atoms with Gasteiger partial charge in [-0.05, 0) is 6.42 Å². The van der Waals surface area contributed by atoms with E-state index in [1.807, 2.05) is 20.8 Å². The first-order valence-electron chi connectivity index (χ1n) is 5.99. The Kier molecular flexibility index (Phi) is 2.33. The summed E-state index contributed by atoms with van der Waals surface area (Å²) in [5, 5.41) is 11.4. The Morgan fingerprint density at radius 3 is 2.35 bits per heavy atom. The van der Waals surface area contributed by atoms with Crippen LogP contribution in [0, 0.1) is 20.9 Å². The Morgan fingerprint density at radius 2 is 1.94 bits per heavy atom. The minimum atomic E-state index is -0.929. The molecule has 2 bridgehead atoms. The van der Waals surface area contributed by atoms with E-state index in [-0.39, 0.29) is 22.4 Å². The quantitative estimate of drug-likeness (QED) is 0.422. The van der Waals surface area contributed by atoms with E-state index in [9.17, 15) is 14.9 Å². The van der Waals surface area contributed by atoms with Gasteiger partial charge in [0.15, 0.2) is 0 Å². The molecule has 2 aliphatic rings. The maximum Gasteiger partial charge on any atom is 0.302 e. The van der Waals surface area contributed by atoms with E-state index in [1.54, 1.807) is 0 Å². The minimum absolute atomic E-state index is 0.151. The van der Waals surface area contributed by atoms with Crippen molar-refractivity contribution in [2.75, 3.05) is 0 Å². The van der Waals surface area contributed by atoms with Gasteiger partial charge in [-0.2, -0.15) is 0 Å². The SMILES string of the molecule is CC(=O)O[C@H]1C[C@]2([N+](=O)[O-])CC[C@@]1(C)C2(C)C. The van der Waals surface area contributed by atoms with Crippen LogP contribution in [0.2, 0.25) is 0 Å². The predicted octanol–water partition coefficient (Wildman–Crippen LogP) is 2.16. The molecular formula is C12H19NO4. The molecule has 2 aliphatic carbocycles. The zero-order valence-electron chi connectivity index (χ0n) is 10.8. The van der Waals surface area contributed by atoms with Crippen molar-refractivity contribution in [1.29, 1.82) is 0 Å². The van der Waals surface area contributed by atoms with E-state index in [2.05, 4.69) is 0 Å². The molecule has 96 valence electrons. The number of fused-ring (bicyclic) bond motifs is 2. The van der Waals surface area contributed by atoms with Gasteiger partial charge in [0.05, 0.1) is 6.42 Å². The maximum atomic E-state index is 11.4. The summed E-state index contributed by atoms with van der Waals surface area (Å²) in [4.78, 5) is 22.4. The van der Waals surface area contributed by atoms with Gasteiger partial charge < -0.3 is 4.74 Å². The molecule has 2 rings (SSSR count). The third-order valence-corrected chi connectivity index (χ3v) is 5.54. The van der Waals surface area contributed by atoms with Crippen molar-refractivity contribution in [3.05, 3.63) is 10.1 Å². The second-order valence-electron chi connectivity index (χ2n) is 6.13. The van der Waals surface area contributed by atoms with Crippen molar-refractivity contribution in [1.82, 2.24) is 0 Å². The molecule has 17 heavy (non-hydrogen) atoms. The summed E-state index contributed by atoms with van der Waals surface area (Å²) in [7, 11) is 0. The minimum Gasteiger partial charge on any atom is -0.462 e. The number of hydrogen-bond acceptors (Lipinski definition) is 4. The zero-order chi connectivity index (χ0) is 13.1. The summed E-state index contributed by atoms with van der Waals surface area (Å²) >= 11 is 0. The van der Waals surface area contributed by atoms with Gasteiger partial charge in [0.1, 0.15) is 6.10 Å². The van der Waals surface area contributed by atoms with Crippen LogP contribution in [-0.2, 0) is 9.53 Å². The average Bonchev–Trinajstić information content (AvgIpc) is 2.47. The summed E-state index contributed by atoms with van der Waals surface area (Å²) in [5.74, 6) is -0.349. The highest BCUT2D eigenvalue weighted by Gasteiger charge is 2.77. The first-order valence-corrected chi connectivity index (χ1v) is 5.99. The number of ether oxygens (including phenoxy) is 1. The fourth-order valence-corrected chi connectivity index (χ4v) is 3.84. The molecule has 0 aliphatic heterocycles. The van der Waals surface area contributed by atoms with Crippen LogP contribution in [0.4, 0.5) is 0 Å². The van der Waals surface area contributed by atoms with Crippen molar-refractivity contribution in [2.45, 2.75) is 58.6 Å². The first-order chi connectivity index (χ1) is 7.67. The Hall–Kier alpha value is -1.13. The topological polar surface area (TPSA) is 69.4 Å². The number of hydrogen-bond donors (Lipinski definition) is 0. The number of nitrogens with zero attached hydrogens (tertiary/aromatic N) is 1. The van der Waals surface area contributed by atoms with Crippen molar-refractivity contribution >= 4 is 5.97 Å². The molecule has 0 aromatic heterocycles. The fraction of sp³-hybridized carbons (Fsp3) is 0.917. The molecule has 0 N–H and O–H groups in total. The largest absolute Gasteiger partial charge is 0.462 e. The van der Waals surface area contributed by atoms with Crippen LogP contribution in [0.15, 0.2) is 0 Å². The van der Waals surface area contributed by atoms with Crippen LogP contribution in [0.3, 0.4) is 0 Å². The molecule has 0 heterocycles. The zero-order valence-corrected chi connectivity index (χ0v) is 10.8. The van der Waals surface area contributed by atoms with Crippen LogP contribution in [0.1, 0.15) is 47.0 Å². The molecule has 2 fully saturated rings. The highest BCUT2D eigenvalue weighted by molar-refractivity contribution is 5.66. The summed E-state index contributed by atoms with van der Waals surface area (Å²) in [6, 6.07) is 0. The summed E-state index contributed by atoms with van der Waals surface area (Å²) in [6.45, 7) is 7.25. The predicted molar refractivity (Wildman–Crippen MR) is 61.0 cm³/mol.